The zero-order valence-corrected chi connectivity index (χ0v) is 17.7. The first-order chi connectivity index (χ1) is 14.9. The van der Waals surface area contributed by atoms with Crippen molar-refractivity contribution < 1.29 is 30.9 Å². The van der Waals surface area contributed by atoms with Crippen LogP contribution in [0.5, 0.6) is 0 Å². The number of piperazine rings is 1. The molecule has 32 heavy (non-hydrogen) atoms. The van der Waals surface area contributed by atoms with Crippen molar-refractivity contribution in [2.45, 2.75) is 17.6 Å². The van der Waals surface area contributed by atoms with Gasteiger partial charge in [-0.15, -0.1) is 0 Å². The lowest BCUT2D eigenvalue weighted by Crippen LogP contribution is -2.47. The number of anilines is 1. The number of nitro benzene ring substituents is 1. The second-order valence-corrected chi connectivity index (χ2v) is 9.23. The third-order valence-electron chi connectivity index (χ3n) is 5.11. The quantitative estimate of drug-likeness (QED) is 0.391. The SMILES string of the molecule is CN1CCN(S(=O)(=O)c2ccc(NCc3ccc(F)cc3C(F)(F)F)c([N+](=O)[O-])c2)CC1. The lowest BCUT2D eigenvalue weighted by Gasteiger charge is -2.31. The Morgan fingerprint density at radius 1 is 1.09 bits per heavy atom. The average Bonchev–Trinajstić information content (AvgIpc) is 2.72. The summed E-state index contributed by atoms with van der Waals surface area (Å²) in [6, 6.07) is 5.31. The predicted octanol–water partition coefficient (Wildman–Crippen LogP) is 3.30. The van der Waals surface area contributed by atoms with E-state index in [0.29, 0.717) is 19.2 Å². The summed E-state index contributed by atoms with van der Waals surface area (Å²) in [6.45, 7) is 1.01. The molecule has 1 fully saturated rings. The molecule has 1 N–H and O–H groups in total. The van der Waals surface area contributed by atoms with E-state index in [4.69, 9.17) is 0 Å². The lowest BCUT2D eigenvalue weighted by molar-refractivity contribution is -0.384. The summed E-state index contributed by atoms with van der Waals surface area (Å²) in [7, 11) is -2.12. The fraction of sp³-hybridized carbons (Fsp3) is 0.368. The van der Waals surface area contributed by atoms with Crippen molar-refractivity contribution in [2.24, 2.45) is 0 Å². The summed E-state index contributed by atoms with van der Waals surface area (Å²) in [5.41, 5.74) is -2.29. The molecule has 0 amide bonds. The molecule has 1 heterocycles. The minimum atomic E-state index is -4.81. The van der Waals surface area contributed by atoms with Gasteiger partial charge in [-0.25, -0.2) is 12.8 Å². The van der Waals surface area contributed by atoms with Crippen LogP contribution in [0.3, 0.4) is 0 Å². The molecule has 3 rings (SSSR count). The Hall–Kier alpha value is -2.77. The number of likely N-dealkylation sites (N-methyl/N-ethyl adjacent to an activating group) is 1. The van der Waals surface area contributed by atoms with Crippen molar-refractivity contribution in [2.75, 3.05) is 38.5 Å². The Morgan fingerprint density at radius 3 is 2.34 bits per heavy atom. The number of alkyl halides is 3. The van der Waals surface area contributed by atoms with E-state index in [0.717, 1.165) is 30.3 Å². The van der Waals surface area contributed by atoms with Gasteiger partial charge in [0, 0.05) is 38.8 Å². The van der Waals surface area contributed by atoms with Crippen LogP contribution in [-0.2, 0) is 22.7 Å². The molecule has 0 aliphatic carbocycles. The highest BCUT2D eigenvalue weighted by molar-refractivity contribution is 7.89. The Bertz CT molecular complexity index is 1120. The van der Waals surface area contributed by atoms with Crippen LogP contribution in [0.4, 0.5) is 28.9 Å². The van der Waals surface area contributed by atoms with Crippen molar-refractivity contribution in [1.82, 2.24) is 9.21 Å². The number of halogens is 4. The minimum absolute atomic E-state index is 0.162. The van der Waals surface area contributed by atoms with Crippen molar-refractivity contribution in [3.8, 4) is 0 Å². The smallest absolute Gasteiger partial charge is 0.375 e. The summed E-state index contributed by atoms with van der Waals surface area (Å²) < 4.78 is 79.7. The van der Waals surface area contributed by atoms with Crippen LogP contribution in [0.1, 0.15) is 11.1 Å². The number of nitrogens with one attached hydrogen (secondary N) is 1. The van der Waals surface area contributed by atoms with E-state index < -0.39 is 44.7 Å². The predicted molar refractivity (Wildman–Crippen MR) is 108 cm³/mol. The fourth-order valence-electron chi connectivity index (χ4n) is 3.31. The number of sulfonamides is 1. The van der Waals surface area contributed by atoms with Crippen LogP contribution in [0.2, 0.25) is 0 Å². The molecule has 8 nitrogen and oxygen atoms in total. The summed E-state index contributed by atoms with van der Waals surface area (Å²) in [6.07, 6.45) is -4.81. The molecule has 0 spiro atoms. The van der Waals surface area contributed by atoms with Gasteiger partial charge in [0.25, 0.3) is 5.69 Å². The number of hydrogen-bond donors (Lipinski definition) is 1. The number of nitro groups is 1. The van der Waals surface area contributed by atoms with E-state index in [1.54, 1.807) is 0 Å². The highest BCUT2D eigenvalue weighted by Gasteiger charge is 2.34. The standard InChI is InChI=1S/C19H20F4N4O4S/c1-25-6-8-26(9-7-25)32(30,31)15-4-5-17(18(11-15)27(28)29)24-12-13-2-3-14(20)10-16(13)19(21,22)23/h2-5,10-11,24H,6-9,12H2,1H3. The van der Waals surface area contributed by atoms with Crippen molar-refractivity contribution >= 4 is 21.4 Å². The summed E-state index contributed by atoms with van der Waals surface area (Å²) >= 11 is 0. The summed E-state index contributed by atoms with van der Waals surface area (Å²) in [5, 5.41) is 14.1. The van der Waals surface area contributed by atoms with Crippen LogP contribution >= 0.6 is 0 Å². The first kappa shape index (κ1) is 23.9. The van der Waals surface area contributed by atoms with E-state index in [1.807, 2.05) is 11.9 Å². The Kier molecular flexibility index (Phi) is 6.72. The first-order valence-electron chi connectivity index (χ1n) is 9.46. The van der Waals surface area contributed by atoms with Crippen molar-refractivity contribution in [3.63, 3.8) is 0 Å². The van der Waals surface area contributed by atoms with Gasteiger partial charge in [-0.05, 0) is 36.9 Å². The van der Waals surface area contributed by atoms with Gasteiger partial charge in [0.1, 0.15) is 11.5 Å². The lowest BCUT2D eigenvalue weighted by atomic mass is 10.1. The van der Waals surface area contributed by atoms with E-state index >= 15 is 0 Å². The van der Waals surface area contributed by atoms with Crippen LogP contribution in [0.25, 0.3) is 0 Å². The molecular weight excluding hydrogens is 456 g/mol. The van der Waals surface area contributed by atoms with Gasteiger partial charge in [0.05, 0.1) is 15.4 Å². The fourth-order valence-corrected chi connectivity index (χ4v) is 4.75. The van der Waals surface area contributed by atoms with Gasteiger partial charge >= 0.3 is 6.18 Å². The van der Waals surface area contributed by atoms with Crippen molar-refractivity contribution in [1.29, 1.82) is 0 Å². The Morgan fingerprint density at radius 2 is 1.75 bits per heavy atom. The highest BCUT2D eigenvalue weighted by Crippen LogP contribution is 2.34. The van der Waals surface area contributed by atoms with Gasteiger partial charge in [-0.2, -0.15) is 17.5 Å². The van der Waals surface area contributed by atoms with Crippen molar-refractivity contribution in [3.05, 3.63) is 63.5 Å². The van der Waals surface area contributed by atoms with E-state index in [2.05, 4.69) is 5.32 Å². The Labute approximate surface area is 181 Å². The van der Waals surface area contributed by atoms with Gasteiger partial charge in [0.2, 0.25) is 10.0 Å². The van der Waals surface area contributed by atoms with Crippen LogP contribution < -0.4 is 5.32 Å². The zero-order valence-electron chi connectivity index (χ0n) is 16.9. The number of nitrogens with zero attached hydrogens (tertiary/aromatic N) is 3. The molecule has 0 atom stereocenters. The van der Waals surface area contributed by atoms with Crippen LogP contribution in [-0.4, -0.2) is 55.8 Å². The van der Waals surface area contributed by atoms with E-state index in [9.17, 15) is 36.1 Å². The molecule has 1 aliphatic heterocycles. The first-order valence-corrected chi connectivity index (χ1v) is 10.9. The number of hydrogen-bond acceptors (Lipinski definition) is 6. The summed E-state index contributed by atoms with van der Waals surface area (Å²) in [5.74, 6) is -1.06. The maximum Gasteiger partial charge on any atom is 0.416 e. The monoisotopic (exact) mass is 476 g/mol. The highest BCUT2D eigenvalue weighted by atomic mass is 32.2. The van der Waals surface area contributed by atoms with Gasteiger partial charge in [0.15, 0.2) is 0 Å². The molecule has 13 heteroatoms. The Balaban J connectivity index is 1.88. The van der Waals surface area contributed by atoms with E-state index in [-0.39, 0.29) is 29.2 Å². The molecule has 2 aromatic rings. The summed E-state index contributed by atoms with van der Waals surface area (Å²) in [4.78, 5) is 12.4. The number of rotatable bonds is 6. The normalized spacial score (nSPS) is 16.2. The van der Waals surface area contributed by atoms with Gasteiger partial charge in [-0.3, -0.25) is 10.1 Å². The van der Waals surface area contributed by atoms with Gasteiger partial charge in [-0.1, -0.05) is 6.07 Å². The zero-order chi connectivity index (χ0) is 23.7. The maximum absolute atomic E-state index is 13.3. The molecule has 0 bridgehead atoms. The topological polar surface area (TPSA) is 95.8 Å². The molecule has 1 saturated heterocycles. The van der Waals surface area contributed by atoms with Crippen LogP contribution in [0.15, 0.2) is 41.3 Å². The second-order valence-electron chi connectivity index (χ2n) is 7.30. The molecule has 0 aromatic heterocycles. The molecule has 0 unspecified atom stereocenters. The molecular formula is C19H20F4N4O4S. The number of benzene rings is 2. The molecule has 1 aliphatic rings. The third-order valence-corrected chi connectivity index (χ3v) is 7.01. The largest absolute Gasteiger partial charge is 0.416 e. The average molecular weight is 476 g/mol. The van der Waals surface area contributed by atoms with Gasteiger partial charge < -0.3 is 10.2 Å². The van der Waals surface area contributed by atoms with Crippen LogP contribution in [0, 0.1) is 15.9 Å². The molecule has 2 aromatic carbocycles. The molecule has 0 saturated carbocycles. The maximum atomic E-state index is 13.3. The third kappa shape index (κ3) is 5.16. The molecule has 174 valence electrons. The minimum Gasteiger partial charge on any atom is -0.375 e. The molecule has 0 radical (unpaired) electrons. The van der Waals surface area contributed by atoms with E-state index in [1.165, 1.54) is 4.31 Å². The second kappa shape index (κ2) is 9.00.